The fraction of sp³-hybridized carbons (Fsp3) is 0.400. The summed E-state index contributed by atoms with van der Waals surface area (Å²) in [7, 11) is 0. The van der Waals surface area contributed by atoms with E-state index >= 15 is 0 Å². The van der Waals surface area contributed by atoms with Crippen molar-refractivity contribution in [3.8, 4) is 0 Å². The van der Waals surface area contributed by atoms with E-state index in [4.69, 9.17) is 0 Å². The van der Waals surface area contributed by atoms with Crippen molar-refractivity contribution in [2.45, 2.75) is 0 Å². The van der Waals surface area contributed by atoms with Crippen LogP contribution < -0.4 is 9.80 Å². The quantitative estimate of drug-likeness (QED) is 0.728. The van der Waals surface area contributed by atoms with Gasteiger partial charge < -0.3 is 19.6 Å². The van der Waals surface area contributed by atoms with Gasteiger partial charge in [-0.1, -0.05) is 18.2 Å². The van der Waals surface area contributed by atoms with Gasteiger partial charge >= 0.3 is 0 Å². The van der Waals surface area contributed by atoms with Gasteiger partial charge in [0.15, 0.2) is 0 Å². The number of amides is 2. The lowest BCUT2D eigenvalue weighted by atomic mass is 10.2. The van der Waals surface area contributed by atoms with Crippen LogP contribution in [-0.4, -0.2) is 84.4 Å². The van der Waals surface area contributed by atoms with Crippen molar-refractivity contribution in [3.05, 3.63) is 48.3 Å². The Hall–Kier alpha value is -3.16. The summed E-state index contributed by atoms with van der Waals surface area (Å²) in [4.78, 5) is 40.2. The first-order valence-electron chi connectivity index (χ1n) is 9.60. The Morgan fingerprint density at radius 2 is 1.43 bits per heavy atom. The Balaban J connectivity index is 1.34. The molecule has 1 aromatic heterocycles. The Morgan fingerprint density at radius 1 is 0.821 bits per heavy atom. The highest BCUT2D eigenvalue weighted by molar-refractivity contribution is 5.93. The largest absolute Gasteiger partial charge is 0.368 e. The predicted molar refractivity (Wildman–Crippen MR) is 106 cm³/mol. The minimum atomic E-state index is -0.0778. The highest BCUT2D eigenvalue weighted by Gasteiger charge is 2.23. The van der Waals surface area contributed by atoms with E-state index < -0.39 is 0 Å². The lowest BCUT2D eigenvalue weighted by Crippen LogP contribution is -2.48. The van der Waals surface area contributed by atoms with Crippen LogP contribution in [0, 0.1) is 0 Å². The van der Waals surface area contributed by atoms with E-state index in [1.165, 1.54) is 5.69 Å². The molecule has 146 valence electrons. The Bertz CT molecular complexity index is 797. The van der Waals surface area contributed by atoms with Gasteiger partial charge in [0.2, 0.25) is 12.4 Å². The Kier molecular flexibility index (Phi) is 5.36. The number of piperazine rings is 2. The van der Waals surface area contributed by atoms with Gasteiger partial charge in [-0.3, -0.25) is 9.59 Å². The second-order valence-corrected chi connectivity index (χ2v) is 7.01. The monoisotopic (exact) mass is 380 g/mol. The van der Waals surface area contributed by atoms with E-state index in [0.717, 1.165) is 32.6 Å². The lowest BCUT2D eigenvalue weighted by Gasteiger charge is -2.36. The zero-order chi connectivity index (χ0) is 19.3. The summed E-state index contributed by atoms with van der Waals surface area (Å²) < 4.78 is 0. The van der Waals surface area contributed by atoms with E-state index in [2.05, 4.69) is 44.0 Å². The van der Waals surface area contributed by atoms with Crippen LogP contribution in [0.15, 0.2) is 42.7 Å². The van der Waals surface area contributed by atoms with Gasteiger partial charge in [-0.15, -0.1) is 0 Å². The topological polar surface area (TPSA) is 72.9 Å². The fourth-order valence-electron chi connectivity index (χ4n) is 3.61. The number of aromatic nitrogens is 2. The minimum absolute atomic E-state index is 0.0778. The molecule has 2 amide bonds. The molecule has 8 nitrogen and oxygen atoms in total. The summed E-state index contributed by atoms with van der Waals surface area (Å²) in [6.45, 7) is 5.73. The lowest BCUT2D eigenvalue weighted by molar-refractivity contribution is -0.119. The van der Waals surface area contributed by atoms with Crippen LogP contribution in [0.2, 0.25) is 0 Å². The molecule has 2 aliphatic heterocycles. The smallest absolute Gasteiger partial charge is 0.257 e. The van der Waals surface area contributed by atoms with Gasteiger partial charge in [-0.2, -0.15) is 0 Å². The molecule has 0 radical (unpaired) electrons. The maximum Gasteiger partial charge on any atom is 0.257 e. The zero-order valence-corrected chi connectivity index (χ0v) is 15.8. The zero-order valence-electron chi connectivity index (χ0n) is 15.8. The van der Waals surface area contributed by atoms with Crippen LogP contribution in [0.1, 0.15) is 10.4 Å². The number of hydrogen-bond donors (Lipinski definition) is 0. The van der Waals surface area contributed by atoms with Crippen molar-refractivity contribution in [2.24, 2.45) is 0 Å². The summed E-state index contributed by atoms with van der Waals surface area (Å²) in [6.07, 6.45) is 4.05. The van der Waals surface area contributed by atoms with Gasteiger partial charge in [0, 0.05) is 70.4 Å². The SMILES string of the molecule is O=CN1CCN(C(=O)c2cnc(N3CCN(c4ccccc4)CC3)nc2)CC1. The highest BCUT2D eigenvalue weighted by Crippen LogP contribution is 2.18. The number of benzene rings is 1. The number of nitrogens with zero attached hydrogens (tertiary/aromatic N) is 6. The summed E-state index contributed by atoms with van der Waals surface area (Å²) in [5, 5.41) is 0. The molecule has 0 aliphatic carbocycles. The molecule has 2 aromatic rings. The Labute approximate surface area is 164 Å². The first-order chi connectivity index (χ1) is 13.7. The van der Waals surface area contributed by atoms with Crippen molar-refractivity contribution in [3.63, 3.8) is 0 Å². The molecule has 0 spiro atoms. The van der Waals surface area contributed by atoms with E-state index in [-0.39, 0.29) is 5.91 Å². The van der Waals surface area contributed by atoms with Gasteiger partial charge in [-0.25, -0.2) is 9.97 Å². The first-order valence-corrected chi connectivity index (χ1v) is 9.60. The molecule has 4 rings (SSSR count). The van der Waals surface area contributed by atoms with Crippen LogP contribution in [0.3, 0.4) is 0 Å². The van der Waals surface area contributed by atoms with Crippen molar-refractivity contribution >= 4 is 24.0 Å². The number of carbonyl (C=O) groups excluding carboxylic acids is 2. The van der Waals surface area contributed by atoms with Crippen molar-refractivity contribution in [1.29, 1.82) is 0 Å². The molecule has 8 heteroatoms. The molecule has 0 N–H and O–H groups in total. The highest BCUT2D eigenvalue weighted by atomic mass is 16.2. The molecule has 28 heavy (non-hydrogen) atoms. The second-order valence-electron chi connectivity index (χ2n) is 7.01. The molecule has 3 heterocycles. The minimum Gasteiger partial charge on any atom is -0.368 e. The predicted octanol–water partition coefficient (Wildman–Crippen LogP) is 0.717. The van der Waals surface area contributed by atoms with Gasteiger partial charge in [0.25, 0.3) is 5.91 Å². The molecule has 1 aromatic carbocycles. The standard InChI is InChI=1S/C20H24N6O2/c27-16-23-6-8-25(9-7-23)19(28)17-14-21-20(22-15-17)26-12-10-24(11-13-26)18-4-2-1-3-5-18/h1-5,14-16H,6-13H2. The summed E-state index contributed by atoms with van der Waals surface area (Å²) >= 11 is 0. The van der Waals surface area contributed by atoms with Crippen LogP contribution in [0.4, 0.5) is 11.6 Å². The third-order valence-electron chi connectivity index (χ3n) is 5.32. The van der Waals surface area contributed by atoms with E-state index in [9.17, 15) is 9.59 Å². The second kappa shape index (κ2) is 8.24. The Morgan fingerprint density at radius 3 is 2.04 bits per heavy atom. The third-order valence-corrected chi connectivity index (χ3v) is 5.32. The van der Waals surface area contributed by atoms with E-state index in [1.807, 2.05) is 6.07 Å². The average molecular weight is 380 g/mol. The number of para-hydroxylation sites is 1. The van der Waals surface area contributed by atoms with Crippen molar-refractivity contribution in [2.75, 3.05) is 62.2 Å². The molecule has 2 saturated heterocycles. The van der Waals surface area contributed by atoms with Crippen molar-refractivity contribution in [1.82, 2.24) is 19.8 Å². The fourth-order valence-corrected chi connectivity index (χ4v) is 3.61. The summed E-state index contributed by atoms with van der Waals surface area (Å²) in [6, 6.07) is 10.4. The number of carbonyl (C=O) groups is 2. The van der Waals surface area contributed by atoms with Crippen LogP contribution >= 0.6 is 0 Å². The molecule has 0 saturated carbocycles. The maximum atomic E-state index is 12.6. The number of hydrogen-bond acceptors (Lipinski definition) is 6. The first kappa shape index (κ1) is 18.2. The normalized spacial score (nSPS) is 17.6. The molecular formula is C20H24N6O2. The van der Waals surface area contributed by atoms with Crippen LogP contribution in [0.5, 0.6) is 0 Å². The van der Waals surface area contributed by atoms with E-state index in [1.54, 1.807) is 22.2 Å². The molecule has 0 atom stereocenters. The maximum absolute atomic E-state index is 12.6. The molecule has 0 bridgehead atoms. The molecule has 0 unspecified atom stereocenters. The van der Waals surface area contributed by atoms with Gasteiger partial charge in [-0.05, 0) is 12.1 Å². The van der Waals surface area contributed by atoms with Crippen LogP contribution in [-0.2, 0) is 4.79 Å². The van der Waals surface area contributed by atoms with Crippen LogP contribution in [0.25, 0.3) is 0 Å². The number of rotatable bonds is 4. The van der Waals surface area contributed by atoms with Gasteiger partial charge in [0.1, 0.15) is 0 Å². The van der Waals surface area contributed by atoms with E-state index in [0.29, 0.717) is 37.7 Å². The molecular weight excluding hydrogens is 356 g/mol. The summed E-state index contributed by atoms with van der Waals surface area (Å²) in [5.74, 6) is 0.584. The summed E-state index contributed by atoms with van der Waals surface area (Å²) in [5.41, 5.74) is 1.73. The molecule has 2 aliphatic rings. The number of anilines is 2. The third kappa shape index (κ3) is 3.90. The average Bonchev–Trinajstić information content (AvgIpc) is 2.79. The molecule has 2 fully saturated rings. The van der Waals surface area contributed by atoms with Gasteiger partial charge in [0.05, 0.1) is 5.56 Å². The van der Waals surface area contributed by atoms with Crippen molar-refractivity contribution < 1.29 is 9.59 Å².